The molecule has 1 aromatic carbocycles. The number of nitrogens with zero attached hydrogens (tertiary/aromatic N) is 3. The van der Waals surface area contributed by atoms with Crippen LogP contribution in [0.4, 0.5) is 0 Å². The summed E-state index contributed by atoms with van der Waals surface area (Å²) in [7, 11) is 0. The molecule has 4 heteroatoms. The fourth-order valence-electron chi connectivity index (χ4n) is 4.09. The summed E-state index contributed by atoms with van der Waals surface area (Å²) in [5, 5.41) is 1.04. The van der Waals surface area contributed by atoms with Gasteiger partial charge in [0.05, 0.1) is 11.1 Å². The number of rotatable bonds is 3. The molecule has 2 aromatic rings. The first-order chi connectivity index (χ1) is 11.8. The van der Waals surface area contributed by atoms with Gasteiger partial charge in [0.1, 0.15) is 0 Å². The van der Waals surface area contributed by atoms with Gasteiger partial charge in [0.15, 0.2) is 0 Å². The number of fused-ring (bicyclic) bond motifs is 1. The van der Waals surface area contributed by atoms with Crippen LogP contribution in [0.3, 0.4) is 0 Å². The number of hydrogen-bond donors (Lipinski definition) is 0. The number of para-hydroxylation sites is 1. The summed E-state index contributed by atoms with van der Waals surface area (Å²) in [6.07, 6.45) is 7.94. The summed E-state index contributed by atoms with van der Waals surface area (Å²) >= 11 is 0. The number of amides is 1. The van der Waals surface area contributed by atoms with E-state index in [0.717, 1.165) is 42.4 Å². The summed E-state index contributed by atoms with van der Waals surface area (Å²) in [5.74, 6) is 0.146. The van der Waals surface area contributed by atoms with E-state index in [1.807, 2.05) is 30.3 Å². The van der Waals surface area contributed by atoms with Crippen LogP contribution in [-0.4, -0.2) is 52.9 Å². The van der Waals surface area contributed by atoms with Crippen LogP contribution in [0.1, 0.15) is 42.5 Å². The van der Waals surface area contributed by atoms with Gasteiger partial charge >= 0.3 is 0 Å². The van der Waals surface area contributed by atoms with E-state index < -0.39 is 0 Å². The minimum Gasteiger partial charge on any atom is -0.334 e. The predicted octanol–water partition coefficient (Wildman–Crippen LogP) is 3.33. The molecule has 1 aromatic heterocycles. The van der Waals surface area contributed by atoms with E-state index in [0.29, 0.717) is 6.04 Å². The largest absolute Gasteiger partial charge is 0.334 e. The Hall–Kier alpha value is -1.94. The first-order valence-electron chi connectivity index (χ1n) is 9.19. The van der Waals surface area contributed by atoms with Crippen molar-refractivity contribution in [3.63, 3.8) is 0 Å². The van der Waals surface area contributed by atoms with Crippen molar-refractivity contribution >= 4 is 16.8 Å². The van der Waals surface area contributed by atoms with Gasteiger partial charge < -0.3 is 9.80 Å². The smallest absolute Gasteiger partial charge is 0.255 e. The average Bonchev–Trinajstić information content (AvgIpc) is 3.09. The summed E-state index contributed by atoms with van der Waals surface area (Å²) in [4.78, 5) is 22.1. The lowest BCUT2D eigenvalue weighted by atomic mass is 10.1. The van der Waals surface area contributed by atoms with Crippen molar-refractivity contribution in [1.29, 1.82) is 0 Å². The second-order valence-electron chi connectivity index (χ2n) is 7.07. The average molecular weight is 323 g/mol. The van der Waals surface area contributed by atoms with Gasteiger partial charge in [0.2, 0.25) is 0 Å². The molecule has 2 aliphatic heterocycles. The Labute approximate surface area is 143 Å². The topological polar surface area (TPSA) is 36.4 Å². The quantitative estimate of drug-likeness (QED) is 0.869. The number of likely N-dealkylation sites (tertiary alicyclic amines) is 2. The van der Waals surface area contributed by atoms with E-state index in [4.69, 9.17) is 0 Å². The van der Waals surface area contributed by atoms with Crippen molar-refractivity contribution in [1.82, 2.24) is 14.8 Å². The fraction of sp³-hybridized carbons (Fsp3) is 0.500. The number of aromatic nitrogens is 1. The summed E-state index contributed by atoms with van der Waals surface area (Å²) in [6, 6.07) is 10.3. The minimum absolute atomic E-state index is 0.146. The van der Waals surface area contributed by atoms with Crippen LogP contribution in [0.2, 0.25) is 0 Å². The zero-order valence-corrected chi connectivity index (χ0v) is 14.2. The second kappa shape index (κ2) is 6.89. The highest BCUT2D eigenvalue weighted by Crippen LogP contribution is 2.23. The van der Waals surface area contributed by atoms with Gasteiger partial charge in [-0.1, -0.05) is 24.6 Å². The Morgan fingerprint density at radius 3 is 2.79 bits per heavy atom. The van der Waals surface area contributed by atoms with Gasteiger partial charge in [-0.2, -0.15) is 0 Å². The van der Waals surface area contributed by atoms with Crippen LogP contribution in [0.25, 0.3) is 10.9 Å². The number of benzene rings is 1. The first-order valence-corrected chi connectivity index (χ1v) is 9.19. The molecule has 2 aliphatic rings. The number of piperidine rings is 1. The van der Waals surface area contributed by atoms with Gasteiger partial charge in [-0.05, 0) is 50.9 Å². The zero-order chi connectivity index (χ0) is 16.4. The van der Waals surface area contributed by atoms with E-state index in [9.17, 15) is 4.79 Å². The minimum atomic E-state index is 0.146. The van der Waals surface area contributed by atoms with Crippen LogP contribution in [0.5, 0.6) is 0 Å². The molecule has 1 amide bonds. The van der Waals surface area contributed by atoms with E-state index in [1.54, 1.807) is 6.20 Å². The molecule has 2 fully saturated rings. The Bertz CT molecular complexity index is 724. The standard InChI is InChI=1S/C20H25N3O/c24-20(17-13-16-7-2-3-9-19(16)21-14-17)23-12-6-8-18(23)15-22-10-4-1-5-11-22/h2-3,7,9,13-14,18H,1,4-6,8,10-12,15H2/t18-/m0/s1. The Kier molecular flexibility index (Phi) is 4.48. The van der Waals surface area contributed by atoms with Crippen molar-refractivity contribution in [3.05, 3.63) is 42.1 Å². The van der Waals surface area contributed by atoms with Gasteiger partial charge in [-0.25, -0.2) is 0 Å². The number of carbonyl (C=O) groups is 1. The van der Waals surface area contributed by atoms with Gasteiger partial charge in [-0.3, -0.25) is 9.78 Å². The molecule has 24 heavy (non-hydrogen) atoms. The molecule has 126 valence electrons. The monoisotopic (exact) mass is 323 g/mol. The molecule has 0 N–H and O–H groups in total. The van der Waals surface area contributed by atoms with Crippen molar-refractivity contribution in [2.24, 2.45) is 0 Å². The van der Waals surface area contributed by atoms with Crippen LogP contribution >= 0.6 is 0 Å². The van der Waals surface area contributed by atoms with E-state index >= 15 is 0 Å². The van der Waals surface area contributed by atoms with Gasteiger partial charge in [-0.15, -0.1) is 0 Å². The lowest BCUT2D eigenvalue weighted by Crippen LogP contribution is -2.44. The fourth-order valence-corrected chi connectivity index (χ4v) is 4.09. The van der Waals surface area contributed by atoms with Crippen LogP contribution in [-0.2, 0) is 0 Å². The summed E-state index contributed by atoms with van der Waals surface area (Å²) in [5.41, 5.74) is 1.67. The molecule has 4 nitrogen and oxygen atoms in total. The van der Waals surface area contributed by atoms with Crippen molar-refractivity contribution in [2.75, 3.05) is 26.2 Å². The highest BCUT2D eigenvalue weighted by atomic mass is 16.2. The first kappa shape index (κ1) is 15.6. The Morgan fingerprint density at radius 1 is 1.08 bits per heavy atom. The molecule has 3 heterocycles. The highest BCUT2D eigenvalue weighted by Gasteiger charge is 2.31. The summed E-state index contributed by atoms with van der Waals surface area (Å²) in [6.45, 7) is 4.29. The third-order valence-electron chi connectivity index (χ3n) is 5.39. The highest BCUT2D eigenvalue weighted by molar-refractivity contribution is 5.97. The van der Waals surface area contributed by atoms with E-state index in [-0.39, 0.29) is 5.91 Å². The van der Waals surface area contributed by atoms with Gasteiger partial charge in [0, 0.05) is 30.7 Å². The van der Waals surface area contributed by atoms with Crippen molar-refractivity contribution in [3.8, 4) is 0 Å². The molecule has 0 saturated carbocycles. The van der Waals surface area contributed by atoms with E-state index in [1.165, 1.54) is 32.4 Å². The maximum atomic E-state index is 13.0. The SMILES string of the molecule is O=C(c1cnc2ccccc2c1)N1CCC[C@H]1CN1CCCCC1. The van der Waals surface area contributed by atoms with Crippen molar-refractivity contribution in [2.45, 2.75) is 38.1 Å². The van der Waals surface area contributed by atoms with Crippen molar-refractivity contribution < 1.29 is 4.79 Å². The third-order valence-corrected chi connectivity index (χ3v) is 5.39. The molecule has 0 bridgehead atoms. The van der Waals surface area contributed by atoms with Gasteiger partial charge in [0.25, 0.3) is 5.91 Å². The lowest BCUT2D eigenvalue weighted by Gasteiger charge is -2.33. The van der Waals surface area contributed by atoms with Crippen LogP contribution in [0.15, 0.2) is 36.5 Å². The molecule has 2 saturated heterocycles. The maximum Gasteiger partial charge on any atom is 0.255 e. The van der Waals surface area contributed by atoms with E-state index in [2.05, 4.69) is 14.8 Å². The second-order valence-corrected chi connectivity index (χ2v) is 7.07. The zero-order valence-electron chi connectivity index (χ0n) is 14.2. The number of pyridine rings is 1. The normalized spacial score (nSPS) is 22.2. The summed E-state index contributed by atoms with van der Waals surface area (Å²) < 4.78 is 0. The number of hydrogen-bond acceptors (Lipinski definition) is 3. The molecule has 0 radical (unpaired) electrons. The number of carbonyl (C=O) groups excluding carboxylic acids is 1. The Morgan fingerprint density at radius 2 is 1.92 bits per heavy atom. The van der Waals surface area contributed by atoms with Crippen LogP contribution in [0, 0.1) is 0 Å². The third kappa shape index (κ3) is 3.16. The molecule has 0 unspecified atom stereocenters. The molecular formula is C20H25N3O. The molecule has 0 aliphatic carbocycles. The molecule has 4 rings (SSSR count). The van der Waals surface area contributed by atoms with Crippen LogP contribution < -0.4 is 0 Å². The predicted molar refractivity (Wildman–Crippen MR) is 96.1 cm³/mol. The lowest BCUT2D eigenvalue weighted by molar-refractivity contribution is 0.0690. The maximum absolute atomic E-state index is 13.0. The Balaban J connectivity index is 1.50. The molecule has 1 atom stereocenters. The molecule has 0 spiro atoms. The molecular weight excluding hydrogens is 298 g/mol.